The lowest BCUT2D eigenvalue weighted by atomic mass is 10.0. The number of β-lactam (4-membered cyclic amide) rings is 1. The van der Waals surface area contributed by atoms with Crippen molar-refractivity contribution < 1.29 is 14.3 Å². The molecule has 0 aromatic carbocycles. The van der Waals surface area contributed by atoms with E-state index in [4.69, 9.17) is 5.73 Å². The van der Waals surface area contributed by atoms with Crippen LogP contribution in [-0.2, 0) is 14.3 Å². The molecule has 0 aromatic rings. The van der Waals surface area contributed by atoms with Crippen molar-refractivity contribution in [2.45, 2.75) is 19.0 Å². The van der Waals surface area contributed by atoms with Crippen molar-refractivity contribution in [2.75, 3.05) is 6.61 Å². The Labute approximate surface area is 63.9 Å². The van der Waals surface area contributed by atoms with Crippen LogP contribution >= 0.6 is 0 Å². The van der Waals surface area contributed by atoms with Crippen molar-refractivity contribution in [3.8, 4) is 0 Å². The Bertz CT molecular complexity index is 192. The van der Waals surface area contributed by atoms with E-state index >= 15 is 0 Å². The van der Waals surface area contributed by atoms with Gasteiger partial charge in [0.25, 0.3) is 0 Å². The van der Waals surface area contributed by atoms with Crippen molar-refractivity contribution in [2.24, 2.45) is 5.73 Å². The number of esters is 1. The van der Waals surface area contributed by atoms with E-state index in [0.29, 0.717) is 0 Å². The summed E-state index contributed by atoms with van der Waals surface area (Å²) in [7, 11) is 0. The summed E-state index contributed by atoms with van der Waals surface area (Å²) in [5.74, 6) is -0.555. The van der Waals surface area contributed by atoms with Gasteiger partial charge in [-0.05, 0) is 0 Å². The maximum atomic E-state index is 10.5. The molecule has 0 bridgehead atoms. The van der Waals surface area contributed by atoms with Gasteiger partial charge in [-0.2, -0.15) is 0 Å². The van der Waals surface area contributed by atoms with Gasteiger partial charge in [0, 0.05) is 6.92 Å². The summed E-state index contributed by atoms with van der Waals surface area (Å²) in [4.78, 5) is 20.8. The second-order valence-corrected chi connectivity index (χ2v) is 2.44. The van der Waals surface area contributed by atoms with Gasteiger partial charge in [-0.1, -0.05) is 0 Å². The minimum absolute atomic E-state index is 0.169. The number of hydrogen-bond acceptors (Lipinski definition) is 4. The van der Waals surface area contributed by atoms with Crippen molar-refractivity contribution in [1.82, 2.24) is 5.32 Å². The summed E-state index contributed by atoms with van der Waals surface area (Å²) in [5.41, 5.74) is 5.35. The van der Waals surface area contributed by atoms with E-state index < -0.39 is 6.04 Å². The molecule has 11 heavy (non-hydrogen) atoms. The van der Waals surface area contributed by atoms with E-state index in [0.717, 1.165) is 0 Å². The molecule has 3 N–H and O–H groups in total. The highest BCUT2D eigenvalue weighted by atomic mass is 16.5. The molecular weight excluding hydrogens is 148 g/mol. The molecule has 0 aromatic heterocycles. The van der Waals surface area contributed by atoms with Crippen LogP contribution in [0.4, 0.5) is 0 Å². The average Bonchev–Trinajstić information content (AvgIpc) is 1.96. The molecule has 1 aliphatic rings. The van der Waals surface area contributed by atoms with Gasteiger partial charge in [0.2, 0.25) is 5.91 Å². The van der Waals surface area contributed by atoms with Crippen LogP contribution in [0.3, 0.4) is 0 Å². The Kier molecular flexibility index (Phi) is 2.09. The third-order valence-electron chi connectivity index (χ3n) is 1.53. The first-order valence-corrected chi connectivity index (χ1v) is 3.30. The first-order valence-electron chi connectivity index (χ1n) is 3.30. The Balaban J connectivity index is 2.20. The summed E-state index contributed by atoms with van der Waals surface area (Å²) < 4.78 is 4.63. The topological polar surface area (TPSA) is 81.4 Å². The number of ether oxygens (including phenoxy) is 1. The van der Waals surface area contributed by atoms with Gasteiger partial charge >= 0.3 is 5.97 Å². The van der Waals surface area contributed by atoms with E-state index in [2.05, 4.69) is 10.1 Å². The minimum atomic E-state index is -0.519. The molecule has 0 radical (unpaired) electrons. The highest BCUT2D eigenvalue weighted by Crippen LogP contribution is 2.03. The first kappa shape index (κ1) is 8.00. The second kappa shape index (κ2) is 2.87. The second-order valence-electron chi connectivity index (χ2n) is 2.44. The molecule has 1 aliphatic heterocycles. The SMILES string of the molecule is CC(=O)OC[C@@H]1NC(=O)[C@@H]1N. The van der Waals surface area contributed by atoms with E-state index in [1.165, 1.54) is 6.92 Å². The monoisotopic (exact) mass is 158 g/mol. The van der Waals surface area contributed by atoms with Crippen LogP contribution in [0.5, 0.6) is 0 Å². The predicted molar refractivity (Wildman–Crippen MR) is 36.5 cm³/mol. The van der Waals surface area contributed by atoms with Crippen molar-refractivity contribution in [1.29, 1.82) is 0 Å². The lowest BCUT2D eigenvalue weighted by molar-refractivity contribution is -0.145. The number of nitrogens with two attached hydrogens (primary N) is 1. The maximum absolute atomic E-state index is 10.5. The smallest absolute Gasteiger partial charge is 0.302 e. The fourth-order valence-corrected chi connectivity index (χ4v) is 0.808. The lowest BCUT2D eigenvalue weighted by Gasteiger charge is -2.32. The van der Waals surface area contributed by atoms with Gasteiger partial charge in [-0.25, -0.2) is 0 Å². The molecule has 0 spiro atoms. The first-order chi connectivity index (χ1) is 5.11. The van der Waals surface area contributed by atoms with Gasteiger partial charge in [0.05, 0.1) is 6.04 Å². The number of amides is 1. The number of carbonyl (C=O) groups excluding carboxylic acids is 2. The molecule has 1 saturated heterocycles. The van der Waals surface area contributed by atoms with Crippen LogP contribution in [-0.4, -0.2) is 30.6 Å². The quantitative estimate of drug-likeness (QED) is 0.373. The van der Waals surface area contributed by atoms with Gasteiger partial charge in [0.15, 0.2) is 0 Å². The van der Waals surface area contributed by atoms with E-state index in [-0.39, 0.29) is 24.5 Å². The van der Waals surface area contributed by atoms with Gasteiger partial charge < -0.3 is 15.8 Å². The van der Waals surface area contributed by atoms with Gasteiger partial charge in [-0.15, -0.1) is 0 Å². The molecule has 0 unspecified atom stereocenters. The largest absolute Gasteiger partial charge is 0.464 e. The maximum Gasteiger partial charge on any atom is 0.302 e. The molecule has 1 amide bonds. The summed E-state index contributed by atoms with van der Waals surface area (Å²) in [6.07, 6.45) is 0. The van der Waals surface area contributed by atoms with Crippen molar-refractivity contribution in [3.63, 3.8) is 0 Å². The molecule has 5 nitrogen and oxygen atoms in total. The number of nitrogens with one attached hydrogen (secondary N) is 1. The molecule has 1 fully saturated rings. The lowest BCUT2D eigenvalue weighted by Crippen LogP contribution is -2.68. The zero-order valence-electron chi connectivity index (χ0n) is 6.16. The zero-order valence-corrected chi connectivity index (χ0v) is 6.16. The minimum Gasteiger partial charge on any atom is -0.464 e. The van der Waals surface area contributed by atoms with E-state index in [1.54, 1.807) is 0 Å². The van der Waals surface area contributed by atoms with Crippen LogP contribution in [0.1, 0.15) is 6.92 Å². The third kappa shape index (κ3) is 1.68. The number of carbonyl (C=O) groups is 2. The summed E-state index contributed by atoms with van der Waals surface area (Å²) in [6.45, 7) is 1.48. The fraction of sp³-hybridized carbons (Fsp3) is 0.667. The Morgan fingerprint density at radius 2 is 2.45 bits per heavy atom. The normalized spacial score (nSPS) is 28.7. The Hall–Kier alpha value is -1.10. The Morgan fingerprint density at radius 1 is 1.82 bits per heavy atom. The molecule has 1 heterocycles. The molecule has 1 rings (SSSR count). The van der Waals surface area contributed by atoms with Crippen LogP contribution < -0.4 is 11.1 Å². The highest BCUT2D eigenvalue weighted by molar-refractivity contribution is 5.89. The third-order valence-corrected chi connectivity index (χ3v) is 1.53. The summed E-state index contributed by atoms with van der Waals surface area (Å²) in [5, 5.41) is 2.51. The highest BCUT2D eigenvalue weighted by Gasteiger charge is 2.36. The summed E-state index contributed by atoms with van der Waals surface area (Å²) >= 11 is 0. The molecule has 2 atom stereocenters. The average molecular weight is 158 g/mol. The number of rotatable bonds is 2. The van der Waals surface area contributed by atoms with Crippen molar-refractivity contribution in [3.05, 3.63) is 0 Å². The Morgan fingerprint density at radius 3 is 2.82 bits per heavy atom. The molecule has 0 saturated carbocycles. The van der Waals surface area contributed by atoms with Gasteiger partial charge in [-0.3, -0.25) is 9.59 Å². The van der Waals surface area contributed by atoms with Gasteiger partial charge in [0.1, 0.15) is 12.6 Å². The van der Waals surface area contributed by atoms with Crippen LogP contribution in [0.2, 0.25) is 0 Å². The summed E-state index contributed by atoms with van der Waals surface area (Å²) in [6, 6.07) is -0.722. The molecule has 5 heteroatoms. The fourth-order valence-electron chi connectivity index (χ4n) is 0.808. The van der Waals surface area contributed by atoms with Crippen LogP contribution in [0.15, 0.2) is 0 Å². The zero-order chi connectivity index (χ0) is 8.43. The van der Waals surface area contributed by atoms with Crippen molar-refractivity contribution >= 4 is 11.9 Å². The standard InChI is InChI=1S/C6H10N2O3/c1-3(9)11-2-4-5(7)6(10)8-4/h4-5H,2,7H2,1H3,(H,8,10)/t4-,5+/m0/s1. The number of hydrogen-bond donors (Lipinski definition) is 2. The predicted octanol–water partition coefficient (Wildman–Crippen LogP) is -1.62. The van der Waals surface area contributed by atoms with E-state index in [9.17, 15) is 9.59 Å². The van der Waals surface area contributed by atoms with Crippen LogP contribution in [0.25, 0.3) is 0 Å². The van der Waals surface area contributed by atoms with Crippen LogP contribution in [0, 0.1) is 0 Å². The molecular formula is C6H10N2O3. The molecule has 0 aliphatic carbocycles. The van der Waals surface area contributed by atoms with E-state index in [1.807, 2.05) is 0 Å². The molecule has 62 valence electrons.